The molecule has 120 valence electrons. The fourth-order valence-corrected chi connectivity index (χ4v) is 2.02. The van der Waals surface area contributed by atoms with E-state index in [9.17, 15) is 4.79 Å². The molecule has 0 saturated heterocycles. The molecular formula is C19H32NNaO. The van der Waals surface area contributed by atoms with E-state index in [0.29, 0.717) is 19.4 Å². The summed E-state index contributed by atoms with van der Waals surface area (Å²) in [5, 5.41) is 2.75. The summed E-state index contributed by atoms with van der Waals surface area (Å²) in [4.78, 5) is 11.1. The van der Waals surface area contributed by atoms with Gasteiger partial charge in [-0.15, -0.1) is 0 Å². The summed E-state index contributed by atoms with van der Waals surface area (Å²) in [5.41, 5.74) is 0. The van der Waals surface area contributed by atoms with Gasteiger partial charge in [-0.3, -0.25) is 4.79 Å². The summed E-state index contributed by atoms with van der Waals surface area (Å²) in [6, 6.07) is 0. The molecule has 0 aliphatic carbocycles. The normalized spacial score (nSPS) is 8.82. The molecule has 2 nitrogen and oxygen atoms in total. The van der Waals surface area contributed by atoms with Crippen LogP contribution in [0.2, 0.25) is 0 Å². The summed E-state index contributed by atoms with van der Waals surface area (Å²) in [6.45, 7) is 4.85. The van der Waals surface area contributed by atoms with Crippen LogP contribution in [-0.2, 0) is 4.79 Å². The fourth-order valence-electron chi connectivity index (χ4n) is 2.02. The average Bonchev–Trinajstić information content (AvgIpc) is 2.48. The van der Waals surface area contributed by atoms with E-state index in [2.05, 4.69) is 35.9 Å². The van der Waals surface area contributed by atoms with Gasteiger partial charge in [0.15, 0.2) is 0 Å². The molecule has 22 heavy (non-hydrogen) atoms. The molecule has 0 aliphatic rings. The first-order valence-electron chi connectivity index (χ1n) is 8.53. The van der Waals surface area contributed by atoms with Crippen molar-refractivity contribution >= 4 is 5.91 Å². The summed E-state index contributed by atoms with van der Waals surface area (Å²) >= 11 is 0. The minimum absolute atomic E-state index is 0. The summed E-state index contributed by atoms with van der Waals surface area (Å²) in [6.07, 6.45) is 12.7. The van der Waals surface area contributed by atoms with Crippen LogP contribution in [-0.4, -0.2) is 12.5 Å². The van der Waals surface area contributed by atoms with Crippen molar-refractivity contribution in [1.29, 1.82) is 0 Å². The Labute approximate surface area is 161 Å². The van der Waals surface area contributed by atoms with Gasteiger partial charge in [0, 0.05) is 25.8 Å². The SMILES string of the molecule is CCCCCCCCCCC#CC#CCCC(=O)NCC.[H-].[Na+]. The van der Waals surface area contributed by atoms with Crippen molar-refractivity contribution in [2.45, 2.75) is 84.5 Å². The van der Waals surface area contributed by atoms with Gasteiger partial charge in [0.2, 0.25) is 5.91 Å². The van der Waals surface area contributed by atoms with Crippen LogP contribution in [0.3, 0.4) is 0 Å². The number of hydrogen-bond donors (Lipinski definition) is 1. The summed E-state index contributed by atoms with van der Waals surface area (Å²) < 4.78 is 0. The Bertz CT molecular complexity index is 376. The van der Waals surface area contributed by atoms with Crippen molar-refractivity contribution in [3.05, 3.63) is 0 Å². The van der Waals surface area contributed by atoms with Gasteiger partial charge in [-0.25, -0.2) is 0 Å². The van der Waals surface area contributed by atoms with Crippen LogP contribution in [0.4, 0.5) is 0 Å². The van der Waals surface area contributed by atoms with Gasteiger partial charge >= 0.3 is 29.6 Å². The van der Waals surface area contributed by atoms with E-state index < -0.39 is 0 Å². The number of nitrogens with one attached hydrogen (secondary N) is 1. The molecule has 0 aromatic rings. The van der Waals surface area contributed by atoms with Crippen molar-refractivity contribution in [2.75, 3.05) is 6.54 Å². The van der Waals surface area contributed by atoms with Crippen LogP contribution < -0.4 is 34.9 Å². The van der Waals surface area contributed by atoms with E-state index in [1.165, 1.54) is 51.4 Å². The molecule has 1 N–H and O–H groups in total. The van der Waals surface area contributed by atoms with Gasteiger partial charge < -0.3 is 6.74 Å². The molecule has 0 spiro atoms. The number of hydrogen-bond acceptors (Lipinski definition) is 1. The van der Waals surface area contributed by atoms with Crippen molar-refractivity contribution in [3.8, 4) is 23.7 Å². The maximum Gasteiger partial charge on any atom is 1.00 e. The molecular weight excluding hydrogens is 281 g/mol. The number of carbonyl (C=O) groups excluding carboxylic acids is 1. The van der Waals surface area contributed by atoms with Crippen molar-refractivity contribution in [3.63, 3.8) is 0 Å². The molecule has 0 heterocycles. The fraction of sp³-hybridized carbons (Fsp3) is 0.737. The number of amides is 1. The molecule has 3 heteroatoms. The van der Waals surface area contributed by atoms with Gasteiger partial charge in [-0.1, -0.05) is 63.7 Å². The zero-order chi connectivity index (χ0) is 15.6. The van der Waals surface area contributed by atoms with Gasteiger partial charge in [-0.05, 0) is 25.2 Å². The Hall–Kier alpha value is -0.410. The summed E-state index contributed by atoms with van der Waals surface area (Å²) in [7, 11) is 0. The molecule has 0 aromatic heterocycles. The summed E-state index contributed by atoms with van der Waals surface area (Å²) in [5.74, 6) is 11.8. The Morgan fingerprint density at radius 1 is 0.864 bits per heavy atom. The van der Waals surface area contributed by atoms with Gasteiger partial charge in [0.1, 0.15) is 0 Å². The molecule has 0 aromatic carbocycles. The molecule has 0 unspecified atom stereocenters. The van der Waals surface area contributed by atoms with Gasteiger partial charge in [0.05, 0.1) is 0 Å². The molecule has 0 radical (unpaired) electrons. The van der Waals surface area contributed by atoms with Crippen LogP contribution in [0.25, 0.3) is 0 Å². The minimum atomic E-state index is 0. The van der Waals surface area contributed by atoms with Crippen LogP contribution in [0.5, 0.6) is 0 Å². The van der Waals surface area contributed by atoms with E-state index in [-0.39, 0.29) is 36.9 Å². The second kappa shape index (κ2) is 20.6. The molecule has 0 atom stereocenters. The number of carbonyl (C=O) groups is 1. The smallest absolute Gasteiger partial charge is 1.00 e. The maximum atomic E-state index is 11.1. The minimum Gasteiger partial charge on any atom is -1.00 e. The van der Waals surface area contributed by atoms with Crippen molar-refractivity contribution in [2.24, 2.45) is 0 Å². The van der Waals surface area contributed by atoms with E-state index in [4.69, 9.17) is 0 Å². The third-order valence-electron chi connectivity index (χ3n) is 3.25. The standard InChI is InChI=1S/C19H31NO.Na.H/c1-3-5-6-7-8-9-10-11-12-13-14-15-16-17-18-19(21)20-4-2;;/h3-12,17-18H2,1-2H3,(H,20,21);;/q;+1;-1. The zero-order valence-electron chi connectivity index (χ0n) is 15.9. The molecule has 0 fully saturated rings. The monoisotopic (exact) mass is 313 g/mol. The van der Waals surface area contributed by atoms with Gasteiger partial charge in [-0.2, -0.15) is 0 Å². The van der Waals surface area contributed by atoms with Gasteiger partial charge in [0.25, 0.3) is 0 Å². The third-order valence-corrected chi connectivity index (χ3v) is 3.25. The average molecular weight is 313 g/mol. The first-order chi connectivity index (χ1) is 10.3. The van der Waals surface area contributed by atoms with Crippen LogP contribution in [0.1, 0.15) is 85.9 Å². The molecule has 0 rings (SSSR count). The van der Waals surface area contributed by atoms with E-state index in [1.54, 1.807) is 0 Å². The first kappa shape index (κ1) is 23.9. The van der Waals surface area contributed by atoms with E-state index in [1.807, 2.05) is 6.92 Å². The largest absolute Gasteiger partial charge is 1.00 e. The third kappa shape index (κ3) is 19.6. The van der Waals surface area contributed by atoms with E-state index >= 15 is 0 Å². The Morgan fingerprint density at radius 3 is 2.00 bits per heavy atom. The number of unbranched alkanes of at least 4 members (excludes halogenated alkanes) is 8. The quantitative estimate of drug-likeness (QED) is 0.350. The van der Waals surface area contributed by atoms with Crippen LogP contribution in [0, 0.1) is 23.7 Å². The molecule has 1 amide bonds. The first-order valence-corrected chi connectivity index (χ1v) is 8.53. The van der Waals surface area contributed by atoms with Crippen molar-refractivity contribution in [1.82, 2.24) is 5.32 Å². The topological polar surface area (TPSA) is 29.1 Å². The molecule has 0 aliphatic heterocycles. The number of rotatable bonds is 11. The molecule has 0 saturated carbocycles. The van der Waals surface area contributed by atoms with Crippen molar-refractivity contribution < 1.29 is 35.8 Å². The maximum absolute atomic E-state index is 11.1. The zero-order valence-corrected chi connectivity index (χ0v) is 16.9. The Balaban J connectivity index is -0.00000200. The predicted molar refractivity (Wildman–Crippen MR) is 91.8 cm³/mol. The second-order valence-corrected chi connectivity index (χ2v) is 5.28. The van der Waals surface area contributed by atoms with Crippen LogP contribution in [0.15, 0.2) is 0 Å². The Morgan fingerprint density at radius 2 is 1.41 bits per heavy atom. The van der Waals surface area contributed by atoms with Crippen LogP contribution >= 0.6 is 0 Å². The van der Waals surface area contributed by atoms with E-state index in [0.717, 1.165) is 6.42 Å². The Kier molecular flexibility index (Phi) is 22.3. The predicted octanol–water partition coefficient (Wildman–Crippen LogP) is 1.56. The second-order valence-electron chi connectivity index (χ2n) is 5.28. The molecule has 0 bridgehead atoms.